The number of carboxylic acid groups (broad SMARTS) is 1. The number of thioether (sulfide) groups is 1. The fourth-order valence-electron chi connectivity index (χ4n) is 2.59. The highest BCUT2D eigenvalue weighted by atomic mass is 32.2. The number of carbonyl (C=O) groups excluding carboxylic acids is 1. The lowest BCUT2D eigenvalue weighted by Crippen LogP contribution is -2.28. The molecule has 0 saturated carbocycles. The molecule has 2 unspecified atom stereocenters. The summed E-state index contributed by atoms with van der Waals surface area (Å²) in [6.45, 7) is 7.66. The van der Waals surface area contributed by atoms with Crippen molar-refractivity contribution in [2.45, 2.75) is 43.9 Å². The molecule has 0 bridgehead atoms. The zero-order valence-corrected chi connectivity index (χ0v) is 15.7. The molecular weight excluding hydrogens is 334 g/mol. The second kappa shape index (κ2) is 8.21. The molecule has 2 atom stereocenters. The van der Waals surface area contributed by atoms with Gasteiger partial charge in [0.2, 0.25) is 0 Å². The molecule has 0 aliphatic carbocycles. The van der Waals surface area contributed by atoms with Crippen LogP contribution >= 0.6 is 11.8 Å². The van der Waals surface area contributed by atoms with Crippen molar-refractivity contribution in [1.29, 1.82) is 0 Å². The van der Waals surface area contributed by atoms with E-state index >= 15 is 0 Å². The van der Waals surface area contributed by atoms with E-state index < -0.39 is 11.2 Å². The Morgan fingerprint density at radius 1 is 1.04 bits per heavy atom. The topological polar surface area (TPSA) is 66.4 Å². The number of carbonyl (C=O) groups is 2. The summed E-state index contributed by atoms with van der Waals surface area (Å²) < 4.78 is 0. The Labute approximate surface area is 152 Å². The number of aliphatic carboxylic acids is 1. The second-order valence-corrected chi connectivity index (χ2v) is 7.46. The average Bonchev–Trinajstić information content (AvgIpc) is 2.57. The van der Waals surface area contributed by atoms with Crippen LogP contribution in [0.4, 0.5) is 0 Å². The molecule has 2 N–H and O–H groups in total. The van der Waals surface area contributed by atoms with Gasteiger partial charge in [0.1, 0.15) is 5.25 Å². The van der Waals surface area contributed by atoms with Crippen LogP contribution in [-0.2, 0) is 4.79 Å². The van der Waals surface area contributed by atoms with Gasteiger partial charge in [0.25, 0.3) is 5.91 Å². The van der Waals surface area contributed by atoms with Crippen molar-refractivity contribution in [1.82, 2.24) is 5.32 Å². The minimum absolute atomic E-state index is 0.137. The van der Waals surface area contributed by atoms with Gasteiger partial charge in [-0.25, -0.2) is 0 Å². The first-order chi connectivity index (χ1) is 11.8. The predicted molar refractivity (Wildman–Crippen MR) is 101 cm³/mol. The summed E-state index contributed by atoms with van der Waals surface area (Å²) in [6, 6.07) is 13.0. The van der Waals surface area contributed by atoms with Crippen molar-refractivity contribution < 1.29 is 14.7 Å². The van der Waals surface area contributed by atoms with Crippen LogP contribution in [0.25, 0.3) is 0 Å². The molecule has 4 nitrogen and oxygen atoms in total. The van der Waals surface area contributed by atoms with Crippen LogP contribution in [0.5, 0.6) is 0 Å². The van der Waals surface area contributed by atoms with Crippen molar-refractivity contribution in [2.75, 3.05) is 0 Å². The second-order valence-electron chi connectivity index (χ2n) is 6.08. The molecule has 1 amide bonds. The maximum atomic E-state index is 12.7. The lowest BCUT2D eigenvalue weighted by molar-refractivity contribution is -0.136. The van der Waals surface area contributed by atoms with Crippen LogP contribution in [0.3, 0.4) is 0 Å². The van der Waals surface area contributed by atoms with Gasteiger partial charge in [-0.2, -0.15) is 0 Å². The summed E-state index contributed by atoms with van der Waals surface area (Å²) >= 11 is 1.17. The summed E-state index contributed by atoms with van der Waals surface area (Å²) in [5, 5.41) is 11.5. The van der Waals surface area contributed by atoms with Crippen LogP contribution in [0.2, 0.25) is 0 Å². The van der Waals surface area contributed by atoms with Crippen molar-refractivity contribution in [3.05, 3.63) is 64.7 Å². The molecule has 0 spiro atoms. The number of hydrogen-bond donors (Lipinski definition) is 2. The third-order valence-corrected chi connectivity index (χ3v) is 5.41. The van der Waals surface area contributed by atoms with Crippen LogP contribution in [0.15, 0.2) is 47.4 Å². The minimum Gasteiger partial charge on any atom is -0.480 e. The van der Waals surface area contributed by atoms with E-state index in [0.717, 1.165) is 11.1 Å². The maximum absolute atomic E-state index is 12.7. The normalized spacial score (nSPS) is 13.1. The Morgan fingerprint density at radius 2 is 1.72 bits per heavy atom. The highest BCUT2D eigenvalue weighted by Crippen LogP contribution is 2.28. The number of hydrogen-bond acceptors (Lipinski definition) is 3. The number of carboxylic acids is 1. The monoisotopic (exact) mass is 357 g/mol. The van der Waals surface area contributed by atoms with Crippen LogP contribution < -0.4 is 5.32 Å². The van der Waals surface area contributed by atoms with Gasteiger partial charge in [-0.1, -0.05) is 30.3 Å². The molecule has 0 radical (unpaired) electrons. The number of nitrogens with one attached hydrogen (secondary N) is 1. The molecular formula is C20H23NO3S. The number of benzene rings is 2. The zero-order chi connectivity index (χ0) is 18.6. The van der Waals surface area contributed by atoms with E-state index in [-0.39, 0.29) is 11.9 Å². The first-order valence-corrected chi connectivity index (χ1v) is 9.04. The van der Waals surface area contributed by atoms with E-state index in [1.165, 1.54) is 17.3 Å². The van der Waals surface area contributed by atoms with E-state index in [1.807, 2.05) is 45.0 Å². The lowest BCUT2D eigenvalue weighted by Gasteiger charge is -2.19. The molecule has 25 heavy (non-hydrogen) atoms. The van der Waals surface area contributed by atoms with Crippen LogP contribution in [0, 0.1) is 13.8 Å². The van der Waals surface area contributed by atoms with E-state index in [4.69, 9.17) is 5.11 Å². The molecule has 2 aromatic rings. The predicted octanol–water partition coefficient (Wildman–Crippen LogP) is 4.36. The summed E-state index contributed by atoms with van der Waals surface area (Å²) in [4.78, 5) is 24.5. The average molecular weight is 357 g/mol. The molecule has 0 fully saturated rings. The first kappa shape index (κ1) is 19.1. The van der Waals surface area contributed by atoms with Gasteiger partial charge < -0.3 is 10.4 Å². The van der Waals surface area contributed by atoms with Gasteiger partial charge in [-0.3, -0.25) is 9.59 Å². The number of rotatable bonds is 6. The van der Waals surface area contributed by atoms with E-state index in [1.54, 1.807) is 25.1 Å². The van der Waals surface area contributed by atoms with Gasteiger partial charge in [0.05, 0.1) is 11.6 Å². The highest BCUT2D eigenvalue weighted by molar-refractivity contribution is 8.00. The molecule has 2 aromatic carbocycles. The van der Waals surface area contributed by atoms with Gasteiger partial charge in [0, 0.05) is 4.90 Å². The largest absolute Gasteiger partial charge is 0.480 e. The summed E-state index contributed by atoms with van der Waals surface area (Å²) in [5.74, 6) is -1.10. The van der Waals surface area contributed by atoms with Crippen LogP contribution in [-0.4, -0.2) is 22.2 Å². The molecule has 0 saturated heterocycles. The van der Waals surface area contributed by atoms with Gasteiger partial charge in [0.15, 0.2) is 0 Å². The summed E-state index contributed by atoms with van der Waals surface area (Å²) in [6.07, 6.45) is 0. The highest BCUT2D eigenvalue weighted by Gasteiger charge is 2.19. The van der Waals surface area contributed by atoms with Crippen LogP contribution in [0.1, 0.15) is 46.9 Å². The van der Waals surface area contributed by atoms with Crippen molar-refractivity contribution in [3.63, 3.8) is 0 Å². The van der Waals surface area contributed by atoms with Gasteiger partial charge >= 0.3 is 5.97 Å². The molecule has 0 aromatic heterocycles. The Kier molecular flexibility index (Phi) is 6.26. The number of aryl methyl sites for hydroxylation is 1. The van der Waals surface area contributed by atoms with Gasteiger partial charge in [-0.05, 0) is 56.5 Å². The molecule has 5 heteroatoms. The zero-order valence-electron chi connectivity index (χ0n) is 14.9. The van der Waals surface area contributed by atoms with E-state index in [0.29, 0.717) is 10.5 Å². The SMILES string of the molecule is Cc1cccc(C(C)NC(=O)c2ccccc2SC(C)C(=O)O)c1C. The van der Waals surface area contributed by atoms with Crippen molar-refractivity contribution >= 4 is 23.6 Å². The Balaban J connectivity index is 2.21. The van der Waals surface area contributed by atoms with E-state index in [9.17, 15) is 9.59 Å². The fourth-order valence-corrected chi connectivity index (χ4v) is 3.52. The fraction of sp³-hybridized carbons (Fsp3) is 0.300. The van der Waals surface area contributed by atoms with E-state index in [2.05, 4.69) is 5.32 Å². The molecule has 0 aliphatic rings. The molecule has 2 rings (SSSR count). The summed E-state index contributed by atoms with van der Waals surface area (Å²) in [7, 11) is 0. The van der Waals surface area contributed by atoms with Crippen molar-refractivity contribution in [2.24, 2.45) is 0 Å². The lowest BCUT2D eigenvalue weighted by atomic mass is 9.98. The third-order valence-electron chi connectivity index (χ3n) is 4.24. The third kappa shape index (κ3) is 4.63. The Bertz CT molecular complexity index is 788. The quantitative estimate of drug-likeness (QED) is 0.754. The molecule has 132 valence electrons. The van der Waals surface area contributed by atoms with Gasteiger partial charge in [-0.15, -0.1) is 11.8 Å². The number of amides is 1. The molecule has 0 aliphatic heterocycles. The smallest absolute Gasteiger partial charge is 0.316 e. The maximum Gasteiger partial charge on any atom is 0.316 e. The first-order valence-electron chi connectivity index (χ1n) is 8.16. The van der Waals surface area contributed by atoms with Crippen molar-refractivity contribution in [3.8, 4) is 0 Å². The minimum atomic E-state index is -0.899. The Hall–Kier alpha value is -2.27. The molecule has 0 heterocycles. The standard InChI is InChI=1S/C20H23NO3S/c1-12-8-7-10-16(13(12)2)14(3)21-19(22)17-9-5-6-11-18(17)25-15(4)20(23)24/h5-11,14-15H,1-4H3,(H,21,22)(H,23,24). The summed E-state index contributed by atoms with van der Waals surface area (Å²) in [5.41, 5.74) is 3.93. The Morgan fingerprint density at radius 3 is 2.40 bits per heavy atom.